The molecule has 2 rings (SSSR count). The molecule has 1 saturated carbocycles. The molecule has 1 saturated heterocycles. The normalized spacial score (nSPS) is 29.1. The van der Waals surface area contributed by atoms with Gasteiger partial charge < -0.3 is 20.1 Å². The molecule has 1 aliphatic heterocycles. The molecule has 1 aliphatic carbocycles. The second-order valence-electron chi connectivity index (χ2n) is 4.89. The number of nitrogens with zero attached hydrogens (tertiary/aromatic N) is 1. The summed E-state index contributed by atoms with van der Waals surface area (Å²) in [5.74, 6) is 0.128. The maximum atomic E-state index is 12.3. The molecule has 2 fully saturated rings. The molecule has 0 spiro atoms. The van der Waals surface area contributed by atoms with Gasteiger partial charge in [-0.15, -0.1) is 0 Å². The highest BCUT2D eigenvalue weighted by atomic mass is 16.5. The predicted molar refractivity (Wildman–Crippen MR) is 63.6 cm³/mol. The van der Waals surface area contributed by atoms with E-state index in [9.17, 15) is 4.79 Å². The molecule has 0 aromatic heterocycles. The van der Waals surface area contributed by atoms with Crippen LogP contribution in [-0.4, -0.2) is 60.9 Å². The second kappa shape index (κ2) is 5.80. The van der Waals surface area contributed by atoms with Gasteiger partial charge in [-0.25, -0.2) is 0 Å². The number of amides is 1. The van der Waals surface area contributed by atoms with Gasteiger partial charge in [0, 0.05) is 26.2 Å². The molecule has 0 aromatic carbocycles. The van der Waals surface area contributed by atoms with Crippen molar-refractivity contribution in [1.82, 2.24) is 10.2 Å². The van der Waals surface area contributed by atoms with E-state index in [0.717, 1.165) is 25.8 Å². The van der Waals surface area contributed by atoms with Crippen molar-refractivity contribution in [3.63, 3.8) is 0 Å². The maximum absolute atomic E-state index is 12.3. The Morgan fingerprint density at radius 3 is 2.76 bits per heavy atom. The van der Waals surface area contributed by atoms with Gasteiger partial charge in [-0.2, -0.15) is 0 Å². The summed E-state index contributed by atoms with van der Waals surface area (Å²) in [6.45, 7) is 1.24. The first-order valence-electron chi connectivity index (χ1n) is 6.43. The van der Waals surface area contributed by atoms with E-state index in [-0.39, 0.29) is 24.7 Å². The topological polar surface area (TPSA) is 61.8 Å². The maximum Gasteiger partial charge on any atom is 0.240 e. The molecular weight excluding hydrogens is 220 g/mol. The summed E-state index contributed by atoms with van der Waals surface area (Å²) in [5.41, 5.74) is 0. The minimum absolute atomic E-state index is 0.0443. The minimum Gasteiger partial charge on any atom is -0.395 e. The molecule has 5 nitrogen and oxygen atoms in total. The molecule has 1 heterocycles. The highest BCUT2D eigenvalue weighted by molar-refractivity contribution is 5.82. The third kappa shape index (κ3) is 2.78. The van der Waals surface area contributed by atoms with Gasteiger partial charge in [0.2, 0.25) is 5.91 Å². The number of aliphatic hydroxyl groups excluding tert-OH is 1. The Labute approximate surface area is 102 Å². The summed E-state index contributed by atoms with van der Waals surface area (Å²) in [5, 5.41) is 12.3. The first kappa shape index (κ1) is 12.8. The molecule has 5 heteroatoms. The Morgan fingerprint density at radius 1 is 1.53 bits per heavy atom. The summed E-state index contributed by atoms with van der Waals surface area (Å²) >= 11 is 0. The van der Waals surface area contributed by atoms with Crippen molar-refractivity contribution in [1.29, 1.82) is 0 Å². The van der Waals surface area contributed by atoms with Crippen LogP contribution in [0.4, 0.5) is 0 Å². The van der Waals surface area contributed by atoms with Crippen LogP contribution in [0.2, 0.25) is 0 Å². The summed E-state index contributed by atoms with van der Waals surface area (Å²) < 4.78 is 5.25. The number of hydrogen-bond donors (Lipinski definition) is 2. The predicted octanol–water partition coefficient (Wildman–Crippen LogP) is -0.263. The quantitative estimate of drug-likeness (QED) is 0.697. The zero-order valence-corrected chi connectivity index (χ0v) is 10.4. The minimum atomic E-state index is -0.132. The van der Waals surface area contributed by atoms with Crippen LogP contribution >= 0.6 is 0 Å². The van der Waals surface area contributed by atoms with Crippen molar-refractivity contribution < 1.29 is 14.6 Å². The third-order valence-electron chi connectivity index (χ3n) is 3.86. The van der Waals surface area contributed by atoms with Crippen LogP contribution in [0, 0.1) is 0 Å². The average molecular weight is 242 g/mol. The zero-order chi connectivity index (χ0) is 12.3. The van der Waals surface area contributed by atoms with E-state index in [0.29, 0.717) is 12.6 Å². The number of aliphatic hydroxyl groups is 1. The molecular formula is C12H22N2O3. The summed E-state index contributed by atoms with van der Waals surface area (Å²) in [6, 6.07) is 0.213. The van der Waals surface area contributed by atoms with Crippen molar-refractivity contribution in [2.75, 3.05) is 26.8 Å². The lowest BCUT2D eigenvalue weighted by molar-refractivity contribution is -0.138. The monoisotopic (exact) mass is 242 g/mol. The van der Waals surface area contributed by atoms with Crippen molar-refractivity contribution >= 4 is 5.91 Å². The van der Waals surface area contributed by atoms with E-state index in [4.69, 9.17) is 9.84 Å². The largest absolute Gasteiger partial charge is 0.395 e. The Hall–Kier alpha value is -0.650. The number of rotatable bonds is 5. The Bertz CT molecular complexity index is 268. The number of carbonyl (C=O) groups is 1. The van der Waals surface area contributed by atoms with Crippen LogP contribution in [-0.2, 0) is 9.53 Å². The van der Waals surface area contributed by atoms with Gasteiger partial charge in [0.15, 0.2) is 0 Å². The Kier molecular flexibility index (Phi) is 4.36. The lowest BCUT2D eigenvalue weighted by Crippen LogP contribution is -2.51. The van der Waals surface area contributed by atoms with Gasteiger partial charge in [0.05, 0.1) is 18.8 Å². The smallest absolute Gasteiger partial charge is 0.240 e. The van der Waals surface area contributed by atoms with Crippen LogP contribution in [0.1, 0.15) is 25.7 Å². The fraction of sp³-hybridized carbons (Fsp3) is 0.917. The van der Waals surface area contributed by atoms with E-state index < -0.39 is 0 Å². The third-order valence-corrected chi connectivity index (χ3v) is 3.86. The van der Waals surface area contributed by atoms with Crippen LogP contribution in [0.25, 0.3) is 0 Å². The number of nitrogens with one attached hydrogen (secondary N) is 1. The summed E-state index contributed by atoms with van der Waals surface area (Å²) in [6.07, 6.45) is 4.22. The van der Waals surface area contributed by atoms with Crippen molar-refractivity contribution in [3.05, 3.63) is 0 Å². The molecule has 17 heavy (non-hydrogen) atoms. The van der Waals surface area contributed by atoms with Gasteiger partial charge in [-0.1, -0.05) is 0 Å². The van der Waals surface area contributed by atoms with Crippen LogP contribution < -0.4 is 5.32 Å². The molecule has 0 radical (unpaired) electrons. The van der Waals surface area contributed by atoms with E-state index >= 15 is 0 Å². The molecule has 0 aromatic rings. The summed E-state index contributed by atoms with van der Waals surface area (Å²) in [4.78, 5) is 14.2. The lowest BCUT2D eigenvalue weighted by Gasteiger charge is -2.38. The fourth-order valence-corrected chi connectivity index (χ4v) is 2.55. The van der Waals surface area contributed by atoms with E-state index in [1.165, 1.54) is 6.42 Å². The highest BCUT2D eigenvalue weighted by Gasteiger charge is 2.36. The van der Waals surface area contributed by atoms with Gasteiger partial charge in [-0.3, -0.25) is 4.79 Å². The second-order valence-corrected chi connectivity index (χ2v) is 4.89. The molecule has 98 valence electrons. The van der Waals surface area contributed by atoms with Crippen LogP contribution in [0.5, 0.6) is 0 Å². The molecule has 0 bridgehead atoms. The van der Waals surface area contributed by atoms with Gasteiger partial charge in [0.1, 0.15) is 0 Å². The van der Waals surface area contributed by atoms with Crippen LogP contribution in [0.3, 0.4) is 0 Å². The Balaban J connectivity index is 1.91. The van der Waals surface area contributed by atoms with Crippen molar-refractivity contribution in [3.8, 4) is 0 Å². The molecule has 2 aliphatic rings. The first-order chi connectivity index (χ1) is 8.26. The fourth-order valence-electron chi connectivity index (χ4n) is 2.55. The zero-order valence-electron chi connectivity index (χ0n) is 10.4. The van der Waals surface area contributed by atoms with Crippen LogP contribution in [0.15, 0.2) is 0 Å². The van der Waals surface area contributed by atoms with E-state index in [2.05, 4.69) is 5.32 Å². The van der Waals surface area contributed by atoms with Gasteiger partial charge in [0.25, 0.3) is 0 Å². The highest BCUT2D eigenvalue weighted by Crippen LogP contribution is 2.26. The summed E-state index contributed by atoms with van der Waals surface area (Å²) in [7, 11) is 1.68. The number of methoxy groups -OCH3 is 1. The SMILES string of the molecule is COC1CNC(C(=O)N(CCO)C2CCC2)C1. The molecule has 2 unspecified atom stereocenters. The average Bonchev–Trinajstić information content (AvgIpc) is 2.73. The molecule has 2 N–H and O–H groups in total. The van der Waals surface area contributed by atoms with Gasteiger partial charge in [-0.05, 0) is 25.7 Å². The first-order valence-corrected chi connectivity index (χ1v) is 6.43. The number of ether oxygens (including phenoxy) is 1. The number of hydrogen-bond acceptors (Lipinski definition) is 4. The Morgan fingerprint density at radius 2 is 2.29 bits per heavy atom. The number of carbonyl (C=O) groups excluding carboxylic acids is 1. The van der Waals surface area contributed by atoms with E-state index in [1.807, 2.05) is 4.90 Å². The molecule has 1 amide bonds. The standard InChI is InChI=1S/C12H22N2O3/c1-17-10-7-11(13-8-10)12(16)14(5-6-15)9-3-2-4-9/h9-11,13,15H,2-8H2,1H3. The van der Waals surface area contributed by atoms with E-state index in [1.54, 1.807) is 7.11 Å². The van der Waals surface area contributed by atoms with Crippen molar-refractivity contribution in [2.24, 2.45) is 0 Å². The van der Waals surface area contributed by atoms with Crippen molar-refractivity contribution in [2.45, 2.75) is 43.9 Å². The molecule has 2 atom stereocenters. The van der Waals surface area contributed by atoms with Gasteiger partial charge >= 0.3 is 0 Å². The lowest BCUT2D eigenvalue weighted by atomic mass is 9.91.